The summed E-state index contributed by atoms with van der Waals surface area (Å²) >= 11 is 0. The maximum absolute atomic E-state index is 4.65. The minimum Gasteiger partial charge on any atom is -0.367 e. The van der Waals surface area contributed by atoms with Crippen molar-refractivity contribution < 1.29 is 0 Å². The average Bonchev–Trinajstić information content (AvgIpc) is 2.61. The van der Waals surface area contributed by atoms with Crippen LogP contribution in [-0.4, -0.2) is 41.1 Å². The summed E-state index contributed by atoms with van der Waals surface area (Å²) in [5.41, 5.74) is 3.43. The van der Waals surface area contributed by atoms with Crippen LogP contribution in [0.1, 0.15) is 11.5 Å². The van der Waals surface area contributed by atoms with Crippen molar-refractivity contribution in [1.82, 2.24) is 15.0 Å². The molecule has 3 aromatic rings. The molecule has 0 aliphatic carbocycles. The molecule has 5 nitrogen and oxygen atoms in total. The van der Waals surface area contributed by atoms with Gasteiger partial charge in [-0.1, -0.05) is 18.2 Å². The summed E-state index contributed by atoms with van der Waals surface area (Å²) in [5, 5.41) is 1.23. The molecule has 0 radical (unpaired) electrons. The van der Waals surface area contributed by atoms with Crippen LogP contribution in [0.3, 0.4) is 0 Å². The van der Waals surface area contributed by atoms with Crippen LogP contribution in [0.2, 0.25) is 0 Å². The van der Waals surface area contributed by atoms with Crippen LogP contribution in [0.25, 0.3) is 10.9 Å². The molecule has 2 aromatic heterocycles. The Balaban J connectivity index is 1.58. The van der Waals surface area contributed by atoms with Gasteiger partial charge in [-0.3, -0.25) is 4.98 Å². The van der Waals surface area contributed by atoms with E-state index >= 15 is 0 Å². The summed E-state index contributed by atoms with van der Waals surface area (Å²) in [5.74, 6) is 1.85. The fraction of sp³-hybridized carbons (Fsp3) is 0.316. The minimum absolute atomic E-state index is 0.825. The molecule has 0 unspecified atom stereocenters. The Labute approximate surface area is 142 Å². The predicted octanol–water partition coefficient (Wildman–Crippen LogP) is 2.97. The lowest BCUT2D eigenvalue weighted by molar-refractivity contribution is 0.647. The number of rotatable bonds is 2. The molecule has 0 spiro atoms. The van der Waals surface area contributed by atoms with E-state index in [-0.39, 0.29) is 0 Å². The molecule has 3 heterocycles. The van der Waals surface area contributed by atoms with Gasteiger partial charge in [0, 0.05) is 49.1 Å². The molecular weight excluding hydrogens is 298 g/mol. The molecule has 1 fully saturated rings. The van der Waals surface area contributed by atoms with Crippen LogP contribution in [0.15, 0.2) is 42.6 Å². The quantitative estimate of drug-likeness (QED) is 0.726. The Morgan fingerprint density at radius 2 is 1.62 bits per heavy atom. The number of nitrogens with zero attached hydrogens (tertiary/aromatic N) is 5. The zero-order valence-electron chi connectivity index (χ0n) is 14.1. The molecule has 0 saturated carbocycles. The van der Waals surface area contributed by atoms with Gasteiger partial charge in [-0.25, -0.2) is 9.97 Å². The average molecular weight is 319 g/mol. The molecule has 1 aliphatic heterocycles. The lowest BCUT2D eigenvalue weighted by Crippen LogP contribution is -2.47. The summed E-state index contributed by atoms with van der Waals surface area (Å²) in [4.78, 5) is 18.2. The fourth-order valence-electron chi connectivity index (χ4n) is 3.34. The smallest absolute Gasteiger partial charge is 0.132 e. The largest absolute Gasteiger partial charge is 0.367 e. The highest BCUT2D eigenvalue weighted by atomic mass is 15.3. The Kier molecular flexibility index (Phi) is 3.76. The predicted molar refractivity (Wildman–Crippen MR) is 97.7 cm³/mol. The summed E-state index contributed by atoms with van der Waals surface area (Å²) in [7, 11) is 0. The third kappa shape index (κ3) is 2.77. The highest BCUT2D eigenvalue weighted by molar-refractivity contribution is 5.92. The second-order valence-corrected chi connectivity index (χ2v) is 6.24. The first-order valence-corrected chi connectivity index (χ1v) is 8.37. The van der Waals surface area contributed by atoms with Crippen molar-refractivity contribution in [3.05, 3.63) is 54.1 Å². The molecule has 0 N–H and O–H groups in total. The Morgan fingerprint density at radius 3 is 2.42 bits per heavy atom. The molecule has 1 aliphatic rings. The molecule has 0 amide bonds. The van der Waals surface area contributed by atoms with E-state index in [2.05, 4.69) is 55.9 Å². The molecule has 5 heteroatoms. The number of aryl methyl sites for hydroxylation is 2. The van der Waals surface area contributed by atoms with E-state index in [9.17, 15) is 0 Å². The lowest BCUT2D eigenvalue weighted by atomic mass is 10.1. The Bertz CT molecular complexity index is 869. The molecule has 1 aromatic carbocycles. The van der Waals surface area contributed by atoms with Gasteiger partial charge in [0.25, 0.3) is 0 Å². The van der Waals surface area contributed by atoms with Crippen LogP contribution < -0.4 is 9.80 Å². The van der Waals surface area contributed by atoms with Crippen LogP contribution >= 0.6 is 0 Å². The van der Waals surface area contributed by atoms with Gasteiger partial charge in [0.1, 0.15) is 11.6 Å². The third-order valence-electron chi connectivity index (χ3n) is 4.53. The monoisotopic (exact) mass is 319 g/mol. The van der Waals surface area contributed by atoms with Crippen molar-refractivity contribution in [3.63, 3.8) is 0 Å². The van der Waals surface area contributed by atoms with Crippen LogP contribution in [0.4, 0.5) is 11.5 Å². The molecule has 24 heavy (non-hydrogen) atoms. The molecule has 0 atom stereocenters. The number of hydrogen-bond donors (Lipinski definition) is 0. The van der Waals surface area contributed by atoms with Gasteiger partial charge in [0.15, 0.2) is 0 Å². The van der Waals surface area contributed by atoms with Crippen molar-refractivity contribution in [2.75, 3.05) is 36.0 Å². The van der Waals surface area contributed by atoms with Crippen molar-refractivity contribution in [2.24, 2.45) is 0 Å². The highest BCUT2D eigenvalue weighted by Crippen LogP contribution is 2.28. The van der Waals surface area contributed by atoms with Gasteiger partial charge in [-0.05, 0) is 32.0 Å². The number of aromatic nitrogens is 3. The maximum atomic E-state index is 4.65. The van der Waals surface area contributed by atoms with Gasteiger partial charge in [0.2, 0.25) is 0 Å². The first kappa shape index (κ1) is 14.9. The van der Waals surface area contributed by atoms with Crippen molar-refractivity contribution in [3.8, 4) is 0 Å². The zero-order chi connectivity index (χ0) is 16.5. The van der Waals surface area contributed by atoms with Gasteiger partial charge in [0.05, 0.1) is 5.52 Å². The standard InChI is InChI=1S/C19H21N5/c1-14-13-18(16-5-3-4-6-17(16)21-14)23-9-11-24(12-10-23)19-7-8-20-15(2)22-19/h3-8,13H,9-12H2,1-2H3. The second kappa shape index (κ2) is 6.07. The molecular formula is C19H21N5. The first-order valence-electron chi connectivity index (χ1n) is 8.37. The number of benzene rings is 1. The Morgan fingerprint density at radius 1 is 0.875 bits per heavy atom. The van der Waals surface area contributed by atoms with Crippen molar-refractivity contribution in [2.45, 2.75) is 13.8 Å². The van der Waals surface area contributed by atoms with E-state index in [4.69, 9.17) is 0 Å². The van der Waals surface area contributed by atoms with E-state index < -0.39 is 0 Å². The zero-order valence-corrected chi connectivity index (χ0v) is 14.1. The molecule has 4 rings (SSSR count). The molecule has 0 bridgehead atoms. The van der Waals surface area contributed by atoms with Gasteiger partial charge < -0.3 is 9.80 Å². The number of hydrogen-bond acceptors (Lipinski definition) is 5. The number of fused-ring (bicyclic) bond motifs is 1. The summed E-state index contributed by atoms with van der Waals surface area (Å²) in [6.07, 6.45) is 1.84. The number of anilines is 2. The van der Waals surface area contributed by atoms with Crippen molar-refractivity contribution in [1.29, 1.82) is 0 Å². The first-order chi connectivity index (χ1) is 11.7. The maximum Gasteiger partial charge on any atom is 0.132 e. The second-order valence-electron chi connectivity index (χ2n) is 6.24. The van der Waals surface area contributed by atoms with Gasteiger partial charge >= 0.3 is 0 Å². The van der Waals surface area contributed by atoms with Gasteiger partial charge in [-0.2, -0.15) is 0 Å². The van der Waals surface area contributed by atoms with Crippen LogP contribution in [0, 0.1) is 13.8 Å². The highest BCUT2D eigenvalue weighted by Gasteiger charge is 2.20. The fourth-order valence-corrected chi connectivity index (χ4v) is 3.34. The van der Waals surface area contributed by atoms with E-state index in [1.54, 1.807) is 0 Å². The van der Waals surface area contributed by atoms with E-state index in [1.807, 2.05) is 25.3 Å². The van der Waals surface area contributed by atoms with E-state index in [0.717, 1.165) is 49.0 Å². The minimum atomic E-state index is 0.825. The van der Waals surface area contributed by atoms with E-state index in [1.165, 1.54) is 11.1 Å². The number of pyridine rings is 1. The SMILES string of the molecule is Cc1cc(N2CCN(c3ccnc(C)n3)CC2)c2ccccc2n1. The van der Waals surface area contributed by atoms with Gasteiger partial charge in [-0.15, -0.1) is 0 Å². The van der Waals surface area contributed by atoms with Crippen LogP contribution in [-0.2, 0) is 0 Å². The van der Waals surface area contributed by atoms with E-state index in [0.29, 0.717) is 0 Å². The molecule has 122 valence electrons. The lowest BCUT2D eigenvalue weighted by Gasteiger charge is -2.37. The van der Waals surface area contributed by atoms with Crippen molar-refractivity contribution >= 4 is 22.4 Å². The third-order valence-corrected chi connectivity index (χ3v) is 4.53. The summed E-state index contributed by atoms with van der Waals surface area (Å²) in [6.45, 7) is 7.90. The Hall–Kier alpha value is -2.69. The topological polar surface area (TPSA) is 45.2 Å². The number of para-hydroxylation sites is 1. The summed E-state index contributed by atoms with van der Waals surface area (Å²) < 4.78 is 0. The number of piperazine rings is 1. The normalized spacial score (nSPS) is 15.1. The molecule has 1 saturated heterocycles. The van der Waals surface area contributed by atoms with Crippen LogP contribution in [0.5, 0.6) is 0 Å². The summed E-state index contributed by atoms with van der Waals surface area (Å²) in [6, 6.07) is 12.6.